The van der Waals surface area contributed by atoms with E-state index in [4.69, 9.17) is 16.3 Å². The Morgan fingerprint density at radius 2 is 2.23 bits per heavy atom. The quantitative estimate of drug-likeness (QED) is 0.857. The van der Waals surface area contributed by atoms with Crippen LogP contribution in [0.2, 0.25) is 5.02 Å². The van der Waals surface area contributed by atoms with E-state index in [9.17, 15) is 4.79 Å². The highest BCUT2D eigenvalue weighted by atomic mass is 35.5. The number of fused-ring (bicyclic) bond motifs is 1. The first-order valence-corrected chi connectivity index (χ1v) is 7.90. The van der Waals surface area contributed by atoms with Crippen molar-refractivity contribution in [3.05, 3.63) is 47.2 Å². The second-order valence-electron chi connectivity index (χ2n) is 5.38. The maximum Gasteiger partial charge on any atom is 0.268 e. The fraction of sp³-hybridized carbons (Fsp3) is 0.353. The minimum atomic E-state index is -0.0269. The van der Waals surface area contributed by atoms with Gasteiger partial charge in [0.2, 0.25) is 0 Å². The molecule has 22 heavy (non-hydrogen) atoms. The van der Waals surface area contributed by atoms with Crippen LogP contribution in [0.25, 0.3) is 11.1 Å². The van der Waals surface area contributed by atoms with Gasteiger partial charge < -0.3 is 14.6 Å². The average molecular weight is 319 g/mol. The second kappa shape index (κ2) is 6.55. The van der Waals surface area contributed by atoms with Crippen LogP contribution < -0.4 is 5.32 Å². The summed E-state index contributed by atoms with van der Waals surface area (Å²) in [6.07, 6.45) is 2.92. The van der Waals surface area contributed by atoms with Crippen molar-refractivity contribution >= 4 is 17.5 Å². The summed E-state index contributed by atoms with van der Waals surface area (Å²) in [4.78, 5) is 12.1. The Hall–Kier alpha value is -1.78. The molecular weight excluding hydrogens is 300 g/mol. The molecule has 2 aromatic rings. The SMILES string of the molecule is CCOCCC1CNC(=O)c2cc(-c3cccc(Cl)c3)cn21. The Morgan fingerprint density at radius 3 is 3.00 bits per heavy atom. The van der Waals surface area contributed by atoms with E-state index in [1.807, 2.05) is 43.5 Å². The molecule has 116 valence electrons. The van der Waals surface area contributed by atoms with Gasteiger partial charge in [-0.05, 0) is 37.1 Å². The van der Waals surface area contributed by atoms with Crippen LogP contribution in [0.3, 0.4) is 0 Å². The van der Waals surface area contributed by atoms with E-state index in [1.165, 1.54) is 0 Å². The Bertz CT molecular complexity index is 681. The Labute approximate surface area is 135 Å². The summed E-state index contributed by atoms with van der Waals surface area (Å²) in [6, 6.07) is 9.83. The van der Waals surface area contributed by atoms with Crippen molar-refractivity contribution in [1.82, 2.24) is 9.88 Å². The molecule has 1 atom stereocenters. The first-order chi connectivity index (χ1) is 10.7. The summed E-state index contributed by atoms with van der Waals surface area (Å²) >= 11 is 6.06. The van der Waals surface area contributed by atoms with E-state index in [0.29, 0.717) is 30.5 Å². The van der Waals surface area contributed by atoms with Crippen molar-refractivity contribution in [1.29, 1.82) is 0 Å². The molecular formula is C17H19ClN2O2. The summed E-state index contributed by atoms with van der Waals surface area (Å²) in [6.45, 7) is 4.04. The highest BCUT2D eigenvalue weighted by Crippen LogP contribution is 2.29. The van der Waals surface area contributed by atoms with E-state index < -0.39 is 0 Å². The number of hydrogen-bond donors (Lipinski definition) is 1. The van der Waals surface area contributed by atoms with Crippen LogP contribution >= 0.6 is 11.6 Å². The molecule has 1 aromatic carbocycles. The molecule has 0 radical (unpaired) electrons. The predicted molar refractivity (Wildman–Crippen MR) is 87.4 cm³/mol. The third kappa shape index (κ3) is 3.03. The molecule has 1 aliphatic heterocycles. The third-order valence-electron chi connectivity index (χ3n) is 3.93. The average Bonchev–Trinajstić information content (AvgIpc) is 2.96. The number of nitrogens with zero attached hydrogens (tertiary/aromatic N) is 1. The molecule has 1 amide bonds. The van der Waals surface area contributed by atoms with E-state index in [1.54, 1.807) is 0 Å². The van der Waals surface area contributed by atoms with Gasteiger partial charge in [-0.15, -0.1) is 0 Å². The molecule has 0 bridgehead atoms. The minimum absolute atomic E-state index is 0.0269. The Morgan fingerprint density at radius 1 is 1.36 bits per heavy atom. The molecule has 0 aliphatic carbocycles. The third-order valence-corrected chi connectivity index (χ3v) is 4.17. The summed E-state index contributed by atoms with van der Waals surface area (Å²) in [7, 11) is 0. The fourth-order valence-corrected chi connectivity index (χ4v) is 2.98. The molecule has 1 aromatic heterocycles. The van der Waals surface area contributed by atoms with Crippen molar-refractivity contribution in [2.24, 2.45) is 0 Å². The topological polar surface area (TPSA) is 43.3 Å². The zero-order chi connectivity index (χ0) is 15.5. The summed E-state index contributed by atoms with van der Waals surface area (Å²) in [5.41, 5.74) is 2.73. The molecule has 0 saturated carbocycles. The van der Waals surface area contributed by atoms with Crippen LogP contribution in [0.4, 0.5) is 0 Å². The van der Waals surface area contributed by atoms with Crippen molar-refractivity contribution < 1.29 is 9.53 Å². The lowest BCUT2D eigenvalue weighted by molar-refractivity contribution is 0.0891. The van der Waals surface area contributed by atoms with E-state index in [2.05, 4.69) is 9.88 Å². The maximum atomic E-state index is 12.1. The number of aromatic nitrogens is 1. The predicted octanol–water partition coefficient (Wildman–Crippen LogP) is 3.52. The smallest absolute Gasteiger partial charge is 0.268 e. The van der Waals surface area contributed by atoms with Gasteiger partial charge >= 0.3 is 0 Å². The van der Waals surface area contributed by atoms with Gasteiger partial charge in [0, 0.05) is 36.5 Å². The van der Waals surface area contributed by atoms with Crippen molar-refractivity contribution in [2.75, 3.05) is 19.8 Å². The van der Waals surface area contributed by atoms with Crippen LogP contribution in [-0.2, 0) is 4.74 Å². The van der Waals surface area contributed by atoms with Crippen LogP contribution in [0.1, 0.15) is 29.9 Å². The molecule has 0 saturated heterocycles. The lowest BCUT2D eigenvalue weighted by Crippen LogP contribution is -2.38. The van der Waals surface area contributed by atoms with Gasteiger partial charge in [-0.1, -0.05) is 23.7 Å². The highest BCUT2D eigenvalue weighted by molar-refractivity contribution is 6.30. The molecule has 0 fully saturated rings. The molecule has 1 aliphatic rings. The number of benzene rings is 1. The zero-order valence-corrected chi connectivity index (χ0v) is 13.3. The van der Waals surface area contributed by atoms with Gasteiger partial charge in [0.05, 0.1) is 6.04 Å². The number of ether oxygens (including phenoxy) is 1. The number of halogens is 1. The Balaban J connectivity index is 1.90. The second-order valence-corrected chi connectivity index (χ2v) is 5.82. The van der Waals surface area contributed by atoms with Gasteiger partial charge in [0.15, 0.2) is 0 Å². The number of carbonyl (C=O) groups excluding carboxylic acids is 1. The molecule has 1 unspecified atom stereocenters. The summed E-state index contributed by atoms with van der Waals surface area (Å²) < 4.78 is 7.51. The van der Waals surface area contributed by atoms with E-state index in [0.717, 1.165) is 17.5 Å². The lowest BCUT2D eigenvalue weighted by Gasteiger charge is -2.26. The molecule has 5 heteroatoms. The monoisotopic (exact) mass is 318 g/mol. The number of nitrogens with one attached hydrogen (secondary N) is 1. The van der Waals surface area contributed by atoms with E-state index in [-0.39, 0.29) is 11.9 Å². The largest absolute Gasteiger partial charge is 0.382 e. The van der Waals surface area contributed by atoms with Gasteiger partial charge in [-0.25, -0.2) is 0 Å². The molecule has 4 nitrogen and oxygen atoms in total. The van der Waals surface area contributed by atoms with E-state index >= 15 is 0 Å². The molecule has 0 spiro atoms. The molecule has 1 N–H and O–H groups in total. The van der Waals surface area contributed by atoms with Crippen LogP contribution in [0.15, 0.2) is 36.5 Å². The Kier molecular flexibility index (Phi) is 4.50. The normalized spacial score (nSPS) is 17.2. The van der Waals surface area contributed by atoms with Gasteiger partial charge in [0.25, 0.3) is 5.91 Å². The van der Waals surface area contributed by atoms with Crippen molar-refractivity contribution in [3.8, 4) is 11.1 Å². The van der Waals surface area contributed by atoms with Gasteiger partial charge in [-0.3, -0.25) is 4.79 Å². The summed E-state index contributed by atoms with van der Waals surface area (Å²) in [5.74, 6) is -0.0269. The van der Waals surface area contributed by atoms with Crippen molar-refractivity contribution in [2.45, 2.75) is 19.4 Å². The molecule has 3 rings (SSSR count). The van der Waals surface area contributed by atoms with Crippen molar-refractivity contribution in [3.63, 3.8) is 0 Å². The maximum absolute atomic E-state index is 12.1. The van der Waals surface area contributed by atoms with Crippen LogP contribution in [0, 0.1) is 0 Å². The zero-order valence-electron chi connectivity index (χ0n) is 12.5. The first kappa shape index (κ1) is 15.1. The summed E-state index contributed by atoms with van der Waals surface area (Å²) in [5, 5.41) is 3.64. The molecule has 2 heterocycles. The number of carbonyl (C=O) groups is 1. The van der Waals surface area contributed by atoms with Gasteiger partial charge in [-0.2, -0.15) is 0 Å². The number of rotatable bonds is 5. The van der Waals surface area contributed by atoms with Crippen LogP contribution in [-0.4, -0.2) is 30.2 Å². The standard InChI is InChI=1S/C17H19ClN2O2/c1-2-22-7-6-15-10-19-17(21)16-9-13(11-20(15)16)12-4-3-5-14(18)8-12/h3-5,8-9,11,15H,2,6-7,10H2,1H3,(H,19,21). The fourth-order valence-electron chi connectivity index (χ4n) is 2.79. The number of hydrogen-bond acceptors (Lipinski definition) is 2. The lowest BCUT2D eigenvalue weighted by atomic mass is 10.1. The highest BCUT2D eigenvalue weighted by Gasteiger charge is 2.25. The minimum Gasteiger partial charge on any atom is -0.382 e. The first-order valence-electron chi connectivity index (χ1n) is 7.53. The van der Waals surface area contributed by atoms with Gasteiger partial charge in [0.1, 0.15) is 5.69 Å². The van der Waals surface area contributed by atoms with Crippen LogP contribution in [0.5, 0.6) is 0 Å². The number of amides is 1.